The average Bonchev–Trinajstić information content (AvgIpc) is 2.87. The van der Waals surface area contributed by atoms with Gasteiger partial charge in [0.1, 0.15) is 12.6 Å². The molecule has 2 amide bonds. The number of hydrogen-bond donors (Lipinski definition) is 1. The van der Waals surface area contributed by atoms with Crippen molar-refractivity contribution in [3.05, 3.63) is 65.2 Å². The molecule has 1 aliphatic rings. The molecule has 0 heterocycles. The summed E-state index contributed by atoms with van der Waals surface area (Å²) in [5.74, 6) is -0.661. The molecule has 0 aromatic heterocycles. The quantitative estimate of drug-likeness (QED) is 0.508. The second-order valence-electron chi connectivity index (χ2n) is 10.1. The van der Waals surface area contributed by atoms with Crippen molar-refractivity contribution < 1.29 is 18.0 Å². The predicted octanol–water partition coefficient (Wildman–Crippen LogP) is 3.78. The van der Waals surface area contributed by atoms with E-state index in [2.05, 4.69) is 5.32 Å². The fourth-order valence-electron chi connectivity index (χ4n) is 4.62. The molecule has 202 valence electrons. The minimum absolute atomic E-state index is 0.109. The zero-order valence-corrected chi connectivity index (χ0v) is 23.4. The molecule has 1 atom stereocenters. The fourth-order valence-corrected chi connectivity index (χ4v) is 5.73. The van der Waals surface area contributed by atoms with Crippen LogP contribution in [0.2, 0.25) is 0 Å². The molecule has 9 heteroatoms. The Morgan fingerprint density at radius 3 is 2.27 bits per heavy atom. The van der Waals surface area contributed by atoms with Crippen LogP contribution in [0.4, 0.5) is 5.69 Å². The first-order valence-electron chi connectivity index (χ1n) is 12.9. The Labute approximate surface area is 221 Å². The maximum absolute atomic E-state index is 13.9. The van der Waals surface area contributed by atoms with Gasteiger partial charge in [-0.3, -0.25) is 9.59 Å². The third kappa shape index (κ3) is 7.32. The molecule has 0 unspecified atom stereocenters. The van der Waals surface area contributed by atoms with Gasteiger partial charge in [-0.05, 0) is 56.4 Å². The monoisotopic (exact) mass is 528 g/mol. The van der Waals surface area contributed by atoms with Crippen molar-refractivity contribution in [2.24, 2.45) is 0 Å². The topological polar surface area (TPSA) is 90.0 Å². The third-order valence-electron chi connectivity index (χ3n) is 6.97. The van der Waals surface area contributed by atoms with E-state index in [0.29, 0.717) is 5.69 Å². The van der Waals surface area contributed by atoms with E-state index in [0.717, 1.165) is 51.0 Å². The number of carbonyl (C=O) groups is 2. The maximum atomic E-state index is 13.9. The van der Waals surface area contributed by atoms with Crippen molar-refractivity contribution in [3.8, 4) is 0 Å². The maximum Gasteiger partial charge on any atom is 0.304 e. The van der Waals surface area contributed by atoms with E-state index in [1.807, 2.05) is 56.3 Å². The Morgan fingerprint density at radius 2 is 1.65 bits per heavy atom. The second-order valence-corrected chi connectivity index (χ2v) is 12.2. The highest BCUT2D eigenvalue weighted by molar-refractivity contribution is 7.90. The molecule has 0 radical (unpaired) electrons. The summed E-state index contributed by atoms with van der Waals surface area (Å²) in [6.45, 7) is 5.19. The lowest BCUT2D eigenvalue weighted by Gasteiger charge is -2.34. The smallest absolute Gasteiger partial charge is 0.304 e. The summed E-state index contributed by atoms with van der Waals surface area (Å²) in [6, 6.07) is 14.3. The van der Waals surface area contributed by atoms with Crippen LogP contribution in [-0.4, -0.2) is 62.2 Å². The number of carbonyl (C=O) groups excluding carboxylic acids is 2. The van der Waals surface area contributed by atoms with E-state index < -0.39 is 28.7 Å². The molecule has 37 heavy (non-hydrogen) atoms. The summed E-state index contributed by atoms with van der Waals surface area (Å²) in [6.07, 6.45) is 5.21. The summed E-state index contributed by atoms with van der Waals surface area (Å²) in [5, 5.41) is 3.12. The fraction of sp³-hybridized carbons (Fsp3) is 0.500. The van der Waals surface area contributed by atoms with E-state index in [-0.39, 0.29) is 18.5 Å². The number of hydrogen-bond acceptors (Lipinski definition) is 4. The van der Waals surface area contributed by atoms with Gasteiger partial charge in [0.05, 0.1) is 5.69 Å². The Balaban J connectivity index is 1.93. The first kappa shape index (κ1) is 28.7. The van der Waals surface area contributed by atoms with Gasteiger partial charge in [-0.15, -0.1) is 0 Å². The van der Waals surface area contributed by atoms with Crippen molar-refractivity contribution >= 4 is 27.7 Å². The van der Waals surface area contributed by atoms with Gasteiger partial charge in [-0.1, -0.05) is 61.7 Å². The van der Waals surface area contributed by atoms with E-state index in [1.165, 1.54) is 25.4 Å². The van der Waals surface area contributed by atoms with Crippen LogP contribution in [0, 0.1) is 13.8 Å². The summed E-state index contributed by atoms with van der Waals surface area (Å²) in [5.41, 5.74) is 2.93. The van der Waals surface area contributed by atoms with E-state index in [9.17, 15) is 18.0 Å². The molecule has 8 nitrogen and oxygen atoms in total. The van der Waals surface area contributed by atoms with Gasteiger partial charge in [0.15, 0.2) is 0 Å². The lowest BCUT2D eigenvalue weighted by molar-refractivity contribution is -0.139. The standard InChI is InChI=1S/C28H40N4O4S/c1-21-16-17-22(2)26(18-21)32(37(35,36)30(4)5)20-27(33)31(19-24-12-8-6-9-13-24)23(3)28(34)29-25-14-10-7-11-15-25/h6,8-9,12-13,16-18,23,25H,7,10-11,14-15,19-20H2,1-5H3,(H,29,34)/t23-/m1/s1. The van der Waals surface area contributed by atoms with Crippen LogP contribution in [0.1, 0.15) is 55.7 Å². The van der Waals surface area contributed by atoms with Gasteiger partial charge in [0, 0.05) is 26.7 Å². The highest BCUT2D eigenvalue weighted by Gasteiger charge is 2.33. The molecule has 1 fully saturated rings. The van der Waals surface area contributed by atoms with Crippen LogP contribution >= 0.6 is 0 Å². The number of amides is 2. The predicted molar refractivity (Wildman–Crippen MR) is 147 cm³/mol. The Morgan fingerprint density at radius 1 is 1.00 bits per heavy atom. The molecule has 1 saturated carbocycles. The number of anilines is 1. The summed E-state index contributed by atoms with van der Waals surface area (Å²) >= 11 is 0. The number of rotatable bonds is 10. The number of aryl methyl sites for hydroxylation is 2. The van der Waals surface area contributed by atoms with E-state index >= 15 is 0 Å². The molecule has 1 N–H and O–H groups in total. The highest BCUT2D eigenvalue weighted by atomic mass is 32.2. The van der Waals surface area contributed by atoms with Crippen LogP contribution in [0.25, 0.3) is 0 Å². The molecule has 3 rings (SSSR count). The van der Waals surface area contributed by atoms with Gasteiger partial charge in [0.25, 0.3) is 0 Å². The molecule has 2 aromatic carbocycles. The molecule has 0 spiro atoms. The van der Waals surface area contributed by atoms with Crippen molar-refractivity contribution in [2.45, 2.75) is 71.5 Å². The first-order chi connectivity index (χ1) is 17.5. The van der Waals surface area contributed by atoms with Gasteiger partial charge in [0.2, 0.25) is 11.8 Å². The van der Waals surface area contributed by atoms with Crippen LogP contribution in [-0.2, 0) is 26.3 Å². The van der Waals surface area contributed by atoms with E-state index in [1.54, 1.807) is 13.0 Å². The zero-order valence-electron chi connectivity index (χ0n) is 22.6. The minimum Gasteiger partial charge on any atom is -0.352 e. The minimum atomic E-state index is -3.98. The van der Waals surface area contributed by atoms with Crippen molar-refractivity contribution in [1.29, 1.82) is 0 Å². The molecule has 1 aliphatic carbocycles. The van der Waals surface area contributed by atoms with Gasteiger partial charge >= 0.3 is 10.2 Å². The first-order valence-corrected chi connectivity index (χ1v) is 14.3. The van der Waals surface area contributed by atoms with Crippen LogP contribution in [0.15, 0.2) is 48.5 Å². The number of nitrogens with zero attached hydrogens (tertiary/aromatic N) is 3. The summed E-state index contributed by atoms with van der Waals surface area (Å²) in [4.78, 5) is 28.6. The van der Waals surface area contributed by atoms with Crippen LogP contribution < -0.4 is 9.62 Å². The average molecular weight is 529 g/mol. The Hall–Kier alpha value is -2.91. The van der Waals surface area contributed by atoms with E-state index in [4.69, 9.17) is 0 Å². The second kappa shape index (κ2) is 12.6. The Kier molecular flexibility index (Phi) is 9.73. The normalized spacial score (nSPS) is 15.3. The number of benzene rings is 2. The largest absolute Gasteiger partial charge is 0.352 e. The lowest BCUT2D eigenvalue weighted by Crippen LogP contribution is -2.53. The molecule has 2 aromatic rings. The third-order valence-corrected chi connectivity index (χ3v) is 8.77. The Bertz CT molecular complexity index is 1180. The summed E-state index contributed by atoms with van der Waals surface area (Å²) < 4.78 is 29.0. The molecular formula is C28H40N4O4S. The van der Waals surface area contributed by atoms with Crippen LogP contribution in [0.3, 0.4) is 0 Å². The molecule has 0 bridgehead atoms. The van der Waals surface area contributed by atoms with Gasteiger partial charge in [-0.2, -0.15) is 12.7 Å². The van der Waals surface area contributed by atoms with Crippen molar-refractivity contribution in [2.75, 3.05) is 24.9 Å². The van der Waals surface area contributed by atoms with Crippen LogP contribution in [0.5, 0.6) is 0 Å². The highest BCUT2D eigenvalue weighted by Crippen LogP contribution is 2.26. The molecule has 0 aliphatic heterocycles. The van der Waals surface area contributed by atoms with Crippen molar-refractivity contribution in [3.63, 3.8) is 0 Å². The molecule has 0 saturated heterocycles. The summed E-state index contributed by atoms with van der Waals surface area (Å²) in [7, 11) is -1.09. The van der Waals surface area contributed by atoms with Gasteiger partial charge < -0.3 is 10.2 Å². The zero-order chi connectivity index (χ0) is 27.2. The lowest BCUT2D eigenvalue weighted by atomic mass is 9.95. The number of nitrogens with one attached hydrogen (secondary N) is 1. The van der Waals surface area contributed by atoms with Gasteiger partial charge in [-0.25, -0.2) is 4.31 Å². The SMILES string of the molecule is Cc1ccc(C)c(N(CC(=O)N(Cc2ccccc2)[C@H](C)C(=O)NC2CCCCC2)S(=O)(=O)N(C)C)c1. The molecular weight excluding hydrogens is 488 g/mol. The van der Waals surface area contributed by atoms with Crippen molar-refractivity contribution in [1.82, 2.24) is 14.5 Å².